The molecule has 0 saturated heterocycles. The van der Waals surface area contributed by atoms with Gasteiger partial charge in [0.2, 0.25) is 0 Å². The molecular weight excluding hydrogens is 368 g/mol. The number of anilines is 3. The molecule has 0 aliphatic heterocycles. The largest absolute Gasteiger partial charge is 0.396 e. The normalized spacial score (nSPS) is 12.7. The van der Waals surface area contributed by atoms with Crippen molar-refractivity contribution >= 4 is 28.6 Å². The Kier molecular flexibility index (Phi) is 6.20. The van der Waals surface area contributed by atoms with Crippen LogP contribution < -0.4 is 16.0 Å². The number of likely N-dealkylation sites (N-methyl/N-ethyl adjacent to an activating group) is 1. The van der Waals surface area contributed by atoms with E-state index in [1.165, 1.54) is 0 Å². The summed E-state index contributed by atoms with van der Waals surface area (Å²) in [6.07, 6.45) is 0.882. The summed E-state index contributed by atoms with van der Waals surface area (Å²) in [5, 5.41) is 12.7. The number of aliphatic hydroxyl groups excluding tert-OH is 1. The molecule has 154 valence electrons. The van der Waals surface area contributed by atoms with Gasteiger partial charge in [-0.1, -0.05) is 24.3 Å². The fourth-order valence-corrected chi connectivity index (χ4v) is 3.65. The zero-order chi connectivity index (χ0) is 21.1. The summed E-state index contributed by atoms with van der Waals surface area (Å²) in [4.78, 5) is 30.4. The highest BCUT2D eigenvalue weighted by Crippen LogP contribution is 2.40. The first-order chi connectivity index (χ1) is 13.9. The van der Waals surface area contributed by atoms with Crippen LogP contribution in [0, 0.1) is 0 Å². The molecule has 2 aromatic carbocycles. The van der Waals surface area contributed by atoms with Gasteiger partial charge in [0, 0.05) is 37.0 Å². The fourth-order valence-electron chi connectivity index (χ4n) is 3.65. The molecule has 0 radical (unpaired) electrons. The smallest absolute Gasteiger partial charge is 0.196 e. The van der Waals surface area contributed by atoms with Crippen LogP contribution in [-0.4, -0.2) is 69.0 Å². The van der Waals surface area contributed by atoms with Gasteiger partial charge in [-0.05, 0) is 33.1 Å². The van der Waals surface area contributed by atoms with Crippen molar-refractivity contribution in [1.82, 2.24) is 4.90 Å². The molecule has 7 nitrogen and oxygen atoms in total. The number of hydrogen-bond acceptors (Lipinski definition) is 7. The van der Waals surface area contributed by atoms with Gasteiger partial charge in [-0.3, -0.25) is 9.59 Å². The summed E-state index contributed by atoms with van der Waals surface area (Å²) >= 11 is 0. The topological polar surface area (TPSA) is 98.9 Å². The van der Waals surface area contributed by atoms with Crippen LogP contribution in [0.2, 0.25) is 0 Å². The molecule has 0 spiro atoms. The van der Waals surface area contributed by atoms with E-state index in [0.717, 1.165) is 13.0 Å². The zero-order valence-electron chi connectivity index (χ0n) is 17.2. The van der Waals surface area contributed by atoms with E-state index in [-0.39, 0.29) is 29.4 Å². The lowest BCUT2D eigenvalue weighted by atomic mass is 9.81. The fraction of sp³-hybridized carbons (Fsp3) is 0.364. The van der Waals surface area contributed by atoms with Gasteiger partial charge in [-0.25, -0.2) is 0 Å². The second kappa shape index (κ2) is 8.63. The lowest BCUT2D eigenvalue weighted by Crippen LogP contribution is -2.28. The van der Waals surface area contributed by atoms with E-state index in [4.69, 9.17) is 5.73 Å². The maximum Gasteiger partial charge on any atom is 0.196 e. The number of aliphatic hydroxyl groups is 1. The summed E-state index contributed by atoms with van der Waals surface area (Å²) in [5.74, 6) is -0.448. The van der Waals surface area contributed by atoms with E-state index < -0.39 is 0 Å². The molecule has 0 bridgehead atoms. The summed E-state index contributed by atoms with van der Waals surface area (Å²) < 4.78 is 0. The van der Waals surface area contributed by atoms with Crippen molar-refractivity contribution in [3.05, 3.63) is 52.6 Å². The number of rotatable bonds is 8. The lowest BCUT2D eigenvalue weighted by molar-refractivity contribution is 0.0980. The Bertz CT molecular complexity index is 940. The molecule has 2 aromatic rings. The molecule has 1 aliphatic carbocycles. The van der Waals surface area contributed by atoms with Crippen LogP contribution in [0.4, 0.5) is 17.1 Å². The van der Waals surface area contributed by atoms with Gasteiger partial charge in [0.05, 0.1) is 29.1 Å². The van der Waals surface area contributed by atoms with E-state index in [1.807, 2.05) is 14.1 Å². The average molecular weight is 396 g/mol. The molecule has 4 N–H and O–H groups in total. The van der Waals surface area contributed by atoms with E-state index in [1.54, 1.807) is 42.3 Å². The van der Waals surface area contributed by atoms with Crippen molar-refractivity contribution < 1.29 is 14.7 Å². The van der Waals surface area contributed by atoms with Crippen molar-refractivity contribution in [2.75, 3.05) is 63.3 Å². The molecule has 1 aliphatic rings. The van der Waals surface area contributed by atoms with Crippen molar-refractivity contribution in [1.29, 1.82) is 0 Å². The van der Waals surface area contributed by atoms with Crippen molar-refractivity contribution in [2.45, 2.75) is 6.42 Å². The molecule has 29 heavy (non-hydrogen) atoms. The van der Waals surface area contributed by atoms with E-state index >= 15 is 0 Å². The van der Waals surface area contributed by atoms with Crippen molar-refractivity contribution in [3.8, 4) is 0 Å². The molecule has 0 amide bonds. The summed E-state index contributed by atoms with van der Waals surface area (Å²) in [7, 11) is 5.81. The Hall–Kier alpha value is -2.90. The molecule has 7 heteroatoms. The van der Waals surface area contributed by atoms with Gasteiger partial charge >= 0.3 is 0 Å². The Morgan fingerprint density at radius 1 is 1.00 bits per heavy atom. The van der Waals surface area contributed by atoms with Gasteiger partial charge in [0.25, 0.3) is 0 Å². The highest BCUT2D eigenvalue weighted by Gasteiger charge is 2.35. The van der Waals surface area contributed by atoms with Gasteiger partial charge in [-0.2, -0.15) is 0 Å². The number of hydrogen-bond donors (Lipinski definition) is 3. The van der Waals surface area contributed by atoms with E-state index in [9.17, 15) is 14.7 Å². The highest BCUT2D eigenvalue weighted by molar-refractivity contribution is 6.32. The number of ketones is 2. The Morgan fingerprint density at radius 2 is 1.62 bits per heavy atom. The second-order valence-electron chi connectivity index (χ2n) is 7.54. The van der Waals surface area contributed by atoms with Gasteiger partial charge in [-0.15, -0.1) is 0 Å². The quantitative estimate of drug-likeness (QED) is 0.395. The van der Waals surface area contributed by atoms with Crippen molar-refractivity contribution in [2.24, 2.45) is 0 Å². The van der Waals surface area contributed by atoms with Crippen molar-refractivity contribution in [3.63, 3.8) is 0 Å². The van der Waals surface area contributed by atoms with Crippen LogP contribution in [0.1, 0.15) is 38.3 Å². The molecule has 0 atom stereocenters. The monoisotopic (exact) mass is 396 g/mol. The van der Waals surface area contributed by atoms with Gasteiger partial charge in [0.1, 0.15) is 0 Å². The molecule has 0 saturated carbocycles. The van der Waals surface area contributed by atoms with Crippen LogP contribution in [0.15, 0.2) is 30.3 Å². The first-order valence-electron chi connectivity index (χ1n) is 9.72. The average Bonchev–Trinajstić information content (AvgIpc) is 2.70. The molecular formula is C22H28N4O3. The number of carbonyl (C=O) groups excluding carboxylic acids is 2. The number of nitrogens with one attached hydrogen (secondary N) is 1. The minimum atomic E-state index is -0.247. The predicted molar refractivity (Wildman–Crippen MR) is 116 cm³/mol. The van der Waals surface area contributed by atoms with Gasteiger partial charge in [0.15, 0.2) is 11.6 Å². The molecule has 0 fully saturated rings. The number of nitrogen functional groups attached to an aromatic ring is 1. The summed E-state index contributed by atoms with van der Waals surface area (Å²) in [5.41, 5.74) is 9.21. The lowest BCUT2D eigenvalue weighted by Gasteiger charge is -2.28. The minimum absolute atomic E-state index is 0.0473. The maximum absolute atomic E-state index is 13.3. The molecule has 0 unspecified atom stereocenters. The third-order valence-electron chi connectivity index (χ3n) is 5.16. The number of nitrogens with zero attached hydrogens (tertiary/aromatic N) is 2. The maximum atomic E-state index is 13.3. The first-order valence-corrected chi connectivity index (χ1v) is 9.72. The third-order valence-corrected chi connectivity index (χ3v) is 5.16. The number of carbonyl (C=O) groups is 2. The molecule has 0 heterocycles. The Morgan fingerprint density at radius 3 is 2.21 bits per heavy atom. The van der Waals surface area contributed by atoms with E-state index in [0.29, 0.717) is 41.2 Å². The highest BCUT2D eigenvalue weighted by atomic mass is 16.3. The number of nitrogens with two attached hydrogens (primary N) is 1. The van der Waals surface area contributed by atoms with Crippen LogP contribution in [0.3, 0.4) is 0 Å². The van der Waals surface area contributed by atoms with Crippen LogP contribution >= 0.6 is 0 Å². The predicted octanol–water partition coefficient (Wildman–Crippen LogP) is 1.84. The van der Waals surface area contributed by atoms with Crippen LogP contribution in [-0.2, 0) is 0 Å². The number of benzene rings is 2. The third kappa shape index (κ3) is 3.97. The zero-order valence-corrected chi connectivity index (χ0v) is 17.2. The SMILES string of the molecule is CN(C)CCCNc1cc(N(C)CCO)c(N)c2c1C(=O)c1ccccc1C2=O. The standard InChI is InChI=1S/C22H28N4O3/c1-25(2)10-6-9-24-16-13-17(26(3)11-12-27)20(23)19-18(16)21(28)14-7-4-5-8-15(14)22(19)29/h4-5,7-8,13,24,27H,6,9-12,23H2,1-3H3. The Labute approximate surface area is 171 Å². The van der Waals surface area contributed by atoms with Gasteiger partial charge < -0.3 is 26.0 Å². The molecule has 3 rings (SSSR count). The second-order valence-corrected chi connectivity index (χ2v) is 7.54. The van der Waals surface area contributed by atoms with Crippen LogP contribution in [0.5, 0.6) is 0 Å². The molecule has 0 aromatic heterocycles. The van der Waals surface area contributed by atoms with Crippen LogP contribution in [0.25, 0.3) is 0 Å². The first kappa shape index (κ1) is 20.8. The summed E-state index contributed by atoms with van der Waals surface area (Å²) in [6, 6.07) is 8.64. The summed E-state index contributed by atoms with van der Waals surface area (Å²) in [6.45, 7) is 1.87. The Balaban J connectivity index is 2.11. The van der Waals surface area contributed by atoms with E-state index in [2.05, 4.69) is 10.2 Å². The minimum Gasteiger partial charge on any atom is -0.396 e. The number of fused-ring (bicyclic) bond motifs is 2.